The summed E-state index contributed by atoms with van der Waals surface area (Å²) in [5, 5.41) is 10.3. The van der Waals surface area contributed by atoms with E-state index in [1.807, 2.05) is 13.0 Å². The minimum absolute atomic E-state index is 0.0741. The summed E-state index contributed by atoms with van der Waals surface area (Å²) in [6, 6.07) is 4.76. The summed E-state index contributed by atoms with van der Waals surface area (Å²) in [4.78, 5) is 36.4. The van der Waals surface area contributed by atoms with Crippen LogP contribution in [0.3, 0.4) is 0 Å². The lowest BCUT2D eigenvalue weighted by Gasteiger charge is -1.95. The van der Waals surface area contributed by atoms with Crippen LogP contribution in [0, 0.1) is 24.0 Å². The number of H-pyrrole nitrogens is 2. The number of pyridine rings is 2. The van der Waals surface area contributed by atoms with Crippen molar-refractivity contribution < 1.29 is 4.92 Å². The van der Waals surface area contributed by atoms with Crippen LogP contribution in [-0.2, 0) is 0 Å². The Morgan fingerprint density at radius 3 is 2.10 bits per heavy atom. The van der Waals surface area contributed by atoms with E-state index in [-0.39, 0.29) is 27.0 Å². The summed E-state index contributed by atoms with van der Waals surface area (Å²) in [5.74, 6) is 0. The third-order valence-corrected chi connectivity index (χ3v) is 3.58. The Bertz CT molecular complexity index is 783. The number of rotatable bonds is 1. The molecule has 0 aliphatic rings. The van der Waals surface area contributed by atoms with E-state index in [0.717, 1.165) is 5.69 Å². The van der Waals surface area contributed by atoms with Crippen molar-refractivity contribution in [2.75, 3.05) is 0 Å². The van der Waals surface area contributed by atoms with Gasteiger partial charge in [-0.1, -0.05) is 0 Å². The van der Waals surface area contributed by atoms with E-state index in [2.05, 4.69) is 41.8 Å². The Hall–Kier alpha value is -1.74. The monoisotopic (exact) mass is 419 g/mol. The van der Waals surface area contributed by atoms with Gasteiger partial charge in [-0.2, -0.15) is 0 Å². The molecule has 0 saturated heterocycles. The Balaban J connectivity index is 0.000000219. The molecule has 112 valence electrons. The number of hydrogen-bond donors (Lipinski definition) is 2. The molecule has 2 aromatic rings. The van der Waals surface area contributed by atoms with Gasteiger partial charge in [0.2, 0.25) is 0 Å². The molecular weight excluding hydrogens is 410 g/mol. The SMILES string of the molecule is Cc1[nH]c(=O)c(Br)cc1[N+](=O)[O-].Cc1ccc(Br)c(=O)[nH]1. The Kier molecular flexibility index (Phi) is 6.03. The van der Waals surface area contributed by atoms with Crippen LogP contribution in [0.5, 0.6) is 0 Å². The minimum atomic E-state index is -0.546. The van der Waals surface area contributed by atoms with Crippen molar-refractivity contribution in [3.63, 3.8) is 0 Å². The maximum Gasteiger partial charge on any atom is 0.289 e. The molecule has 0 aliphatic heterocycles. The van der Waals surface area contributed by atoms with Crippen molar-refractivity contribution >= 4 is 37.5 Å². The molecule has 2 heterocycles. The molecule has 2 N–H and O–H groups in total. The van der Waals surface area contributed by atoms with Gasteiger partial charge in [0.1, 0.15) is 0 Å². The number of aryl methyl sites for hydroxylation is 2. The van der Waals surface area contributed by atoms with E-state index in [1.165, 1.54) is 13.0 Å². The van der Waals surface area contributed by atoms with Crippen LogP contribution in [0.1, 0.15) is 11.4 Å². The van der Waals surface area contributed by atoms with E-state index in [0.29, 0.717) is 4.47 Å². The quantitative estimate of drug-likeness (QED) is 0.545. The summed E-state index contributed by atoms with van der Waals surface area (Å²) in [6.07, 6.45) is 0. The molecule has 9 heteroatoms. The fraction of sp³-hybridized carbons (Fsp3) is 0.167. The molecule has 0 aliphatic carbocycles. The van der Waals surface area contributed by atoms with Gasteiger partial charge in [-0.05, 0) is 57.8 Å². The maximum atomic E-state index is 10.9. The minimum Gasteiger partial charge on any atom is -0.326 e. The third kappa shape index (κ3) is 4.94. The Labute approximate surface area is 135 Å². The number of halogens is 2. The molecule has 0 fully saturated rings. The number of hydrogen-bond acceptors (Lipinski definition) is 4. The molecule has 0 aromatic carbocycles. The highest BCUT2D eigenvalue weighted by molar-refractivity contribution is 9.10. The first kappa shape index (κ1) is 17.3. The first-order valence-electron chi connectivity index (χ1n) is 5.61. The Morgan fingerprint density at radius 2 is 1.62 bits per heavy atom. The molecular formula is C12H11Br2N3O4. The van der Waals surface area contributed by atoms with Crippen LogP contribution in [0.15, 0.2) is 36.7 Å². The molecule has 21 heavy (non-hydrogen) atoms. The predicted molar refractivity (Wildman–Crippen MR) is 85.7 cm³/mol. The van der Waals surface area contributed by atoms with Gasteiger partial charge in [-0.3, -0.25) is 19.7 Å². The highest BCUT2D eigenvalue weighted by Crippen LogP contribution is 2.16. The van der Waals surface area contributed by atoms with Gasteiger partial charge in [0, 0.05) is 11.8 Å². The normalized spacial score (nSPS) is 9.71. The van der Waals surface area contributed by atoms with Crippen LogP contribution in [0.25, 0.3) is 0 Å². The second-order valence-electron chi connectivity index (χ2n) is 4.03. The number of aromatic amines is 2. The lowest BCUT2D eigenvalue weighted by atomic mass is 10.3. The summed E-state index contributed by atoms with van der Waals surface area (Å²) >= 11 is 5.99. The number of nitrogens with zero attached hydrogens (tertiary/aromatic N) is 1. The lowest BCUT2D eigenvalue weighted by molar-refractivity contribution is -0.385. The Morgan fingerprint density at radius 1 is 1.05 bits per heavy atom. The average Bonchev–Trinajstić information content (AvgIpc) is 2.39. The van der Waals surface area contributed by atoms with Crippen molar-refractivity contribution in [3.8, 4) is 0 Å². The van der Waals surface area contributed by atoms with Crippen molar-refractivity contribution in [1.29, 1.82) is 0 Å². The second-order valence-corrected chi connectivity index (χ2v) is 5.74. The molecule has 0 bridgehead atoms. The van der Waals surface area contributed by atoms with Gasteiger partial charge in [-0.15, -0.1) is 0 Å². The van der Waals surface area contributed by atoms with Gasteiger partial charge < -0.3 is 9.97 Å². The fourth-order valence-corrected chi connectivity index (χ4v) is 1.88. The predicted octanol–water partition coefficient (Wildman–Crippen LogP) is 2.80. The van der Waals surface area contributed by atoms with Crippen LogP contribution in [0.4, 0.5) is 5.69 Å². The van der Waals surface area contributed by atoms with Crippen molar-refractivity contribution in [1.82, 2.24) is 9.97 Å². The van der Waals surface area contributed by atoms with Crippen LogP contribution >= 0.6 is 31.9 Å². The van der Waals surface area contributed by atoms with Crippen LogP contribution in [0.2, 0.25) is 0 Å². The van der Waals surface area contributed by atoms with Gasteiger partial charge >= 0.3 is 0 Å². The maximum absolute atomic E-state index is 10.9. The smallest absolute Gasteiger partial charge is 0.289 e. The van der Waals surface area contributed by atoms with Crippen molar-refractivity contribution in [2.45, 2.75) is 13.8 Å². The van der Waals surface area contributed by atoms with E-state index in [1.54, 1.807) is 6.07 Å². The summed E-state index contributed by atoms with van der Waals surface area (Å²) in [5.41, 5.74) is 0.603. The zero-order valence-corrected chi connectivity index (χ0v) is 14.2. The van der Waals surface area contributed by atoms with E-state index in [9.17, 15) is 19.7 Å². The lowest BCUT2D eigenvalue weighted by Crippen LogP contribution is -2.09. The van der Waals surface area contributed by atoms with Gasteiger partial charge in [-0.25, -0.2) is 0 Å². The van der Waals surface area contributed by atoms with Gasteiger partial charge in [0.05, 0.1) is 19.6 Å². The molecule has 0 spiro atoms. The van der Waals surface area contributed by atoms with E-state index >= 15 is 0 Å². The molecule has 0 atom stereocenters. The molecule has 7 nitrogen and oxygen atoms in total. The van der Waals surface area contributed by atoms with Gasteiger partial charge in [0.15, 0.2) is 0 Å². The zero-order chi connectivity index (χ0) is 16.2. The summed E-state index contributed by atoms with van der Waals surface area (Å²) in [7, 11) is 0. The standard InChI is InChI=1S/C6H5BrN2O3.C6H6BrNO/c1-3-5(9(11)12)2-4(7)6(10)8-3;1-4-2-3-5(7)6(9)8-4/h2H,1H3,(H,8,10);2-3H,1H3,(H,8,9). The topological polar surface area (TPSA) is 109 Å². The molecule has 0 amide bonds. The third-order valence-electron chi connectivity index (χ3n) is 2.37. The first-order valence-corrected chi connectivity index (χ1v) is 7.20. The molecule has 2 aromatic heterocycles. The van der Waals surface area contributed by atoms with Crippen molar-refractivity contribution in [2.24, 2.45) is 0 Å². The van der Waals surface area contributed by atoms with Crippen molar-refractivity contribution in [3.05, 3.63) is 69.4 Å². The number of nitro groups is 1. The highest BCUT2D eigenvalue weighted by atomic mass is 79.9. The summed E-state index contributed by atoms with van der Waals surface area (Å²) < 4.78 is 0.743. The molecule has 2 rings (SSSR count). The molecule has 0 saturated carbocycles. The van der Waals surface area contributed by atoms with Crippen LogP contribution < -0.4 is 11.1 Å². The van der Waals surface area contributed by atoms with E-state index in [4.69, 9.17) is 0 Å². The zero-order valence-electron chi connectivity index (χ0n) is 11.1. The van der Waals surface area contributed by atoms with Gasteiger partial charge in [0.25, 0.3) is 16.8 Å². The average molecular weight is 421 g/mol. The largest absolute Gasteiger partial charge is 0.326 e. The van der Waals surface area contributed by atoms with E-state index < -0.39 is 4.92 Å². The number of aromatic nitrogens is 2. The first-order chi connectivity index (χ1) is 9.72. The highest BCUT2D eigenvalue weighted by Gasteiger charge is 2.12. The fourth-order valence-electron chi connectivity index (χ4n) is 1.33. The number of nitrogens with one attached hydrogen (secondary N) is 2. The van der Waals surface area contributed by atoms with Crippen LogP contribution in [-0.4, -0.2) is 14.9 Å². The molecule has 0 radical (unpaired) electrons. The molecule has 0 unspecified atom stereocenters. The summed E-state index contributed by atoms with van der Waals surface area (Å²) in [6.45, 7) is 3.32. The second kappa shape index (κ2) is 7.32.